The van der Waals surface area contributed by atoms with E-state index in [0.717, 1.165) is 24.5 Å². The van der Waals surface area contributed by atoms with Crippen LogP contribution in [0.15, 0.2) is 34.9 Å². The largest absolute Gasteiger partial charge is 0.468 e. The fourth-order valence-corrected chi connectivity index (χ4v) is 3.18. The molecule has 1 aromatic heterocycles. The molecule has 0 N–H and O–H groups in total. The molecule has 7 heteroatoms. The summed E-state index contributed by atoms with van der Waals surface area (Å²) in [7, 11) is 1.33. The molecule has 134 valence electrons. The Balaban J connectivity index is 1.68. The smallest absolute Gasteiger partial charge is 0.327 e. The summed E-state index contributed by atoms with van der Waals surface area (Å²) in [5.41, 5.74) is 1.25. The molecule has 0 spiro atoms. The molecule has 1 aromatic carbocycles. The lowest BCUT2D eigenvalue weighted by atomic mass is 10.0. The van der Waals surface area contributed by atoms with Crippen molar-refractivity contribution in [3.8, 4) is 0 Å². The highest BCUT2D eigenvalue weighted by atomic mass is 19.1. The number of hydrogen-bond donors (Lipinski definition) is 0. The van der Waals surface area contributed by atoms with Crippen LogP contribution in [0.3, 0.4) is 0 Å². The van der Waals surface area contributed by atoms with Crippen molar-refractivity contribution < 1.29 is 18.4 Å². The third-order valence-corrected chi connectivity index (χ3v) is 4.46. The molecule has 2 heterocycles. The van der Waals surface area contributed by atoms with Crippen LogP contribution in [0.5, 0.6) is 0 Å². The molecule has 1 fully saturated rings. The SMILES string of the molecule is COC(=O)C(c1ccccc1F)N1CCN(Cc2cc(C)on2)CC1. The zero-order valence-corrected chi connectivity index (χ0v) is 14.4. The number of esters is 1. The maximum atomic E-state index is 14.2. The summed E-state index contributed by atoms with van der Waals surface area (Å²) < 4.78 is 24.2. The van der Waals surface area contributed by atoms with Crippen LogP contribution in [-0.4, -0.2) is 54.2 Å². The number of aryl methyl sites for hydroxylation is 1. The molecular weight excluding hydrogens is 325 g/mol. The van der Waals surface area contributed by atoms with Crippen LogP contribution in [0.25, 0.3) is 0 Å². The van der Waals surface area contributed by atoms with Crippen molar-refractivity contribution in [3.63, 3.8) is 0 Å². The average Bonchev–Trinajstić information content (AvgIpc) is 3.03. The van der Waals surface area contributed by atoms with E-state index in [4.69, 9.17) is 9.26 Å². The molecule has 25 heavy (non-hydrogen) atoms. The van der Waals surface area contributed by atoms with Gasteiger partial charge in [-0.15, -0.1) is 0 Å². The molecule has 1 saturated heterocycles. The van der Waals surface area contributed by atoms with Gasteiger partial charge in [0, 0.05) is 44.4 Å². The van der Waals surface area contributed by atoms with E-state index in [1.54, 1.807) is 18.2 Å². The van der Waals surface area contributed by atoms with E-state index in [0.29, 0.717) is 25.2 Å². The minimum atomic E-state index is -0.720. The van der Waals surface area contributed by atoms with Crippen molar-refractivity contribution in [2.24, 2.45) is 0 Å². The van der Waals surface area contributed by atoms with E-state index in [-0.39, 0.29) is 0 Å². The monoisotopic (exact) mass is 347 g/mol. The highest BCUT2D eigenvalue weighted by molar-refractivity contribution is 5.77. The quantitative estimate of drug-likeness (QED) is 0.773. The number of piperazine rings is 1. The Kier molecular flexibility index (Phi) is 5.45. The summed E-state index contributed by atoms with van der Waals surface area (Å²) >= 11 is 0. The highest BCUT2D eigenvalue weighted by Crippen LogP contribution is 2.26. The first kappa shape index (κ1) is 17.6. The Hall–Kier alpha value is -2.25. The van der Waals surface area contributed by atoms with E-state index < -0.39 is 17.8 Å². The van der Waals surface area contributed by atoms with Crippen molar-refractivity contribution in [1.82, 2.24) is 15.0 Å². The van der Waals surface area contributed by atoms with Crippen LogP contribution < -0.4 is 0 Å². The number of hydrogen-bond acceptors (Lipinski definition) is 6. The van der Waals surface area contributed by atoms with Gasteiger partial charge in [-0.3, -0.25) is 9.80 Å². The summed E-state index contributed by atoms with van der Waals surface area (Å²) in [6.07, 6.45) is 0. The maximum absolute atomic E-state index is 14.2. The molecule has 1 aliphatic rings. The third kappa shape index (κ3) is 4.05. The fraction of sp³-hybridized carbons (Fsp3) is 0.444. The second-order valence-corrected chi connectivity index (χ2v) is 6.19. The summed E-state index contributed by atoms with van der Waals surface area (Å²) in [4.78, 5) is 16.5. The third-order valence-electron chi connectivity index (χ3n) is 4.46. The summed E-state index contributed by atoms with van der Waals surface area (Å²) in [6, 6.07) is 7.56. The first-order valence-electron chi connectivity index (χ1n) is 8.29. The number of methoxy groups -OCH3 is 1. The van der Waals surface area contributed by atoms with Crippen LogP contribution in [0.2, 0.25) is 0 Å². The molecule has 3 rings (SSSR count). The number of rotatable bonds is 5. The molecule has 1 unspecified atom stereocenters. The topological polar surface area (TPSA) is 58.8 Å². The Labute approximate surface area is 146 Å². The Bertz CT molecular complexity index is 726. The standard InChI is InChI=1S/C18H22FN3O3/c1-13-11-14(20-25-13)12-21-7-9-22(10-8-21)17(18(23)24-2)15-5-3-4-6-16(15)19/h3-6,11,17H,7-10,12H2,1-2H3. The zero-order valence-electron chi connectivity index (χ0n) is 14.4. The number of nitrogens with zero attached hydrogens (tertiary/aromatic N) is 3. The van der Waals surface area contributed by atoms with Gasteiger partial charge in [-0.25, -0.2) is 9.18 Å². The fourth-order valence-electron chi connectivity index (χ4n) is 3.18. The molecule has 0 saturated carbocycles. The Morgan fingerprint density at radius 1 is 1.32 bits per heavy atom. The van der Waals surface area contributed by atoms with Crippen molar-refractivity contribution >= 4 is 5.97 Å². The van der Waals surface area contributed by atoms with Crippen molar-refractivity contribution in [3.05, 3.63) is 53.2 Å². The molecular formula is C18H22FN3O3. The lowest BCUT2D eigenvalue weighted by molar-refractivity contribution is -0.148. The summed E-state index contributed by atoms with van der Waals surface area (Å²) in [5.74, 6) is -0.0389. The Morgan fingerprint density at radius 2 is 2.04 bits per heavy atom. The van der Waals surface area contributed by atoms with Crippen LogP contribution in [-0.2, 0) is 16.1 Å². The molecule has 0 amide bonds. The van der Waals surface area contributed by atoms with Gasteiger partial charge in [-0.2, -0.15) is 0 Å². The first-order valence-corrected chi connectivity index (χ1v) is 8.29. The number of carbonyl (C=O) groups is 1. The number of carbonyl (C=O) groups excluding carboxylic acids is 1. The predicted octanol–water partition coefficient (Wildman–Crippen LogP) is 2.15. The van der Waals surface area contributed by atoms with Gasteiger partial charge in [0.05, 0.1) is 12.8 Å². The molecule has 2 aromatic rings. The summed E-state index contributed by atoms with van der Waals surface area (Å²) in [6.45, 7) is 5.37. The second kappa shape index (κ2) is 7.76. The van der Waals surface area contributed by atoms with Gasteiger partial charge >= 0.3 is 5.97 Å². The number of ether oxygens (including phenoxy) is 1. The van der Waals surface area contributed by atoms with E-state index >= 15 is 0 Å². The van der Waals surface area contributed by atoms with Gasteiger partial charge in [0.2, 0.25) is 0 Å². The van der Waals surface area contributed by atoms with Gasteiger partial charge < -0.3 is 9.26 Å². The summed E-state index contributed by atoms with van der Waals surface area (Å²) in [5, 5.41) is 4.01. The minimum absolute atomic E-state index is 0.356. The molecule has 1 atom stereocenters. The lowest BCUT2D eigenvalue weighted by Crippen LogP contribution is -2.49. The normalized spacial score (nSPS) is 17.4. The molecule has 1 aliphatic heterocycles. The number of halogens is 1. The van der Waals surface area contributed by atoms with Gasteiger partial charge in [-0.05, 0) is 13.0 Å². The highest BCUT2D eigenvalue weighted by Gasteiger charge is 2.33. The van der Waals surface area contributed by atoms with E-state index in [1.807, 2.05) is 17.9 Å². The van der Waals surface area contributed by atoms with Gasteiger partial charge in [0.1, 0.15) is 17.6 Å². The van der Waals surface area contributed by atoms with Crippen LogP contribution in [0.1, 0.15) is 23.1 Å². The van der Waals surface area contributed by atoms with Crippen LogP contribution in [0, 0.1) is 12.7 Å². The predicted molar refractivity (Wildman–Crippen MR) is 89.2 cm³/mol. The van der Waals surface area contributed by atoms with Gasteiger partial charge in [0.25, 0.3) is 0 Å². The molecule has 0 aliphatic carbocycles. The van der Waals surface area contributed by atoms with Gasteiger partial charge in [0.15, 0.2) is 0 Å². The van der Waals surface area contributed by atoms with E-state index in [2.05, 4.69) is 10.1 Å². The molecule has 0 radical (unpaired) electrons. The second-order valence-electron chi connectivity index (χ2n) is 6.19. The first-order chi connectivity index (χ1) is 12.1. The van der Waals surface area contributed by atoms with Crippen LogP contribution >= 0.6 is 0 Å². The van der Waals surface area contributed by atoms with E-state index in [9.17, 15) is 9.18 Å². The molecule has 6 nitrogen and oxygen atoms in total. The van der Waals surface area contributed by atoms with Crippen molar-refractivity contribution in [2.45, 2.75) is 19.5 Å². The van der Waals surface area contributed by atoms with Crippen molar-refractivity contribution in [1.29, 1.82) is 0 Å². The zero-order chi connectivity index (χ0) is 17.8. The molecule has 0 bridgehead atoms. The lowest BCUT2D eigenvalue weighted by Gasteiger charge is -2.38. The Morgan fingerprint density at radius 3 is 2.64 bits per heavy atom. The number of aromatic nitrogens is 1. The number of benzene rings is 1. The average molecular weight is 347 g/mol. The maximum Gasteiger partial charge on any atom is 0.327 e. The van der Waals surface area contributed by atoms with E-state index in [1.165, 1.54) is 13.2 Å². The van der Waals surface area contributed by atoms with Gasteiger partial charge in [-0.1, -0.05) is 23.4 Å². The minimum Gasteiger partial charge on any atom is -0.468 e. The van der Waals surface area contributed by atoms with Crippen LogP contribution in [0.4, 0.5) is 4.39 Å². The van der Waals surface area contributed by atoms with Crippen molar-refractivity contribution in [2.75, 3.05) is 33.3 Å².